The van der Waals surface area contributed by atoms with Crippen molar-refractivity contribution in [1.82, 2.24) is 4.90 Å². The van der Waals surface area contributed by atoms with E-state index in [1.54, 1.807) is 7.11 Å². The van der Waals surface area contributed by atoms with E-state index in [4.69, 9.17) is 10.5 Å². The van der Waals surface area contributed by atoms with Gasteiger partial charge < -0.3 is 15.8 Å². The monoisotopic (exact) mass is 304 g/mol. The summed E-state index contributed by atoms with van der Waals surface area (Å²) in [6, 6.07) is 8.49. The maximum atomic E-state index is 6.05. The molecule has 22 heavy (non-hydrogen) atoms. The van der Waals surface area contributed by atoms with Gasteiger partial charge in [0.05, 0.1) is 13.2 Å². The molecule has 1 atom stereocenters. The molecule has 3 N–H and O–H groups in total. The zero-order chi connectivity index (χ0) is 15.8. The third-order valence-corrected chi connectivity index (χ3v) is 4.18. The van der Waals surface area contributed by atoms with Crippen LogP contribution in [0.4, 0.5) is 5.69 Å². The highest BCUT2D eigenvalue weighted by Gasteiger charge is 2.19. The van der Waals surface area contributed by atoms with Crippen LogP contribution in [0.2, 0.25) is 0 Å². The summed E-state index contributed by atoms with van der Waals surface area (Å²) in [6.07, 6.45) is 3.72. The van der Waals surface area contributed by atoms with Gasteiger partial charge in [-0.1, -0.05) is 25.1 Å². The quantitative estimate of drug-likeness (QED) is 0.600. The molecule has 1 aliphatic heterocycles. The number of rotatable bonds is 7. The van der Waals surface area contributed by atoms with Crippen molar-refractivity contribution in [3.63, 3.8) is 0 Å². The number of benzene rings is 1. The Kier molecular flexibility index (Phi) is 6.68. The predicted molar refractivity (Wildman–Crippen MR) is 92.2 cm³/mol. The second kappa shape index (κ2) is 8.76. The smallest absolute Gasteiger partial charge is 0.193 e. The summed E-state index contributed by atoms with van der Waals surface area (Å²) < 4.78 is 5.21. The SMILES string of the molecule is CCC(CN=C(N)Nc1ccccc1COC)N1CCCC1. The van der Waals surface area contributed by atoms with E-state index in [0.29, 0.717) is 18.6 Å². The van der Waals surface area contributed by atoms with Crippen LogP contribution in [-0.2, 0) is 11.3 Å². The van der Waals surface area contributed by atoms with Crippen LogP contribution in [0.1, 0.15) is 31.7 Å². The first-order valence-corrected chi connectivity index (χ1v) is 8.12. The molecule has 5 nitrogen and oxygen atoms in total. The van der Waals surface area contributed by atoms with Crippen LogP contribution in [0.5, 0.6) is 0 Å². The molecule has 0 amide bonds. The number of guanidine groups is 1. The van der Waals surface area contributed by atoms with Gasteiger partial charge in [-0.2, -0.15) is 0 Å². The van der Waals surface area contributed by atoms with Gasteiger partial charge in [0.2, 0.25) is 0 Å². The van der Waals surface area contributed by atoms with Crippen molar-refractivity contribution in [3.05, 3.63) is 29.8 Å². The molecule has 1 unspecified atom stereocenters. The lowest BCUT2D eigenvalue weighted by molar-refractivity contribution is 0.185. The maximum absolute atomic E-state index is 6.05. The lowest BCUT2D eigenvalue weighted by Gasteiger charge is -2.24. The van der Waals surface area contributed by atoms with E-state index in [2.05, 4.69) is 22.1 Å². The third kappa shape index (κ3) is 4.71. The molecular weight excluding hydrogens is 276 g/mol. The average molecular weight is 304 g/mol. The van der Waals surface area contributed by atoms with Gasteiger partial charge >= 0.3 is 0 Å². The summed E-state index contributed by atoms with van der Waals surface area (Å²) in [7, 11) is 1.69. The first-order chi connectivity index (χ1) is 10.7. The Morgan fingerprint density at radius 1 is 1.36 bits per heavy atom. The zero-order valence-corrected chi connectivity index (χ0v) is 13.7. The number of hydrogen-bond donors (Lipinski definition) is 2. The van der Waals surface area contributed by atoms with Crippen molar-refractivity contribution in [2.75, 3.05) is 32.1 Å². The van der Waals surface area contributed by atoms with Gasteiger partial charge in [0, 0.05) is 24.4 Å². The topological polar surface area (TPSA) is 62.9 Å². The minimum absolute atomic E-state index is 0.473. The van der Waals surface area contributed by atoms with E-state index in [-0.39, 0.29) is 0 Å². The molecule has 0 saturated carbocycles. The largest absolute Gasteiger partial charge is 0.380 e. The van der Waals surface area contributed by atoms with Gasteiger partial charge in [-0.15, -0.1) is 0 Å². The number of anilines is 1. The Morgan fingerprint density at radius 2 is 2.09 bits per heavy atom. The molecule has 5 heteroatoms. The number of para-hydroxylation sites is 1. The fraction of sp³-hybridized carbons (Fsp3) is 0.588. The van der Waals surface area contributed by atoms with E-state index in [1.165, 1.54) is 25.9 Å². The molecular formula is C17H28N4O. The molecule has 1 saturated heterocycles. The molecule has 0 bridgehead atoms. The number of nitrogens with two attached hydrogens (primary N) is 1. The van der Waals surface area contributed by atoms with Crippen LogP contribution < -0.4 is 11.1 Å². The van der Waals surface area contributed by atoms with Gasteiger partial charge in [-0.25, -0.2) is 0 Å². The molecule has 0 aliphatic carbocycles. The van der Waals surface area contributed by atoms with Crippen LogP contribution in [0.3, 0.4) is 0 Å². The summed E-state index contributed by atoms with van der Waals surface area (Å²) in [5.41, 5.74) is 8.09. The van der Waals surface area contributed by atoms with Crippen LogP contribution in [0, 0.1) is 0 Å². The molecule has 1 aromatic rings. The fourth-order valence-electron chi connectivity index (χ4n) is 2.91. The van der Waals surface area contributed by atoms with E-state index in [1.807, 2.05) is 24.3 Å². The molecule has 122 valence electrons. The molecule has 1 aromatic carbocycles. The van der Waals surface area contributed by atoms with E-state index in [9.17, 15) is 0 Å². The second-order valence-electron chi connectivity index (χ2n) is 5.75. The standard InChI is InChI=1S/C17H28N4O/c1-3-15(21-10-6-7-11-21)12-19-17(18)20-16-9-5-4-8-14(16)13-22-2/h4-5,8-9,15H,3,6-7,10-13H2,1-2H3,(H3,18,19,20). The maximum Gasteiger partial charge on any atom is 0.193 e. The fourth-order valence-corrected chi connectivity index (χ4v) is 2.91. The van der Waals surface area contributed by atoms with Crippen LogP contribution in [0.25, 0.3) is 0 Å². The van der Waals surface area contributed by atoms with Crippen LogP contribution in [-0.4, -0.2) is 43.6 Å². The number of hydrogen-bond acceptors (Lipinski definition) is 3. The van der Waals surface area contributed by atoms with Gasteiger partial charge in [0.25, 0.3) is 0 Å². The van der Waals surface area contributed by atoms with E-state index in [0.717, 1.165) is 24.2 Å². The molecule has 1 fully saturated rings. The summed E-state index contributed by atoms with van der Waals surface area (Å²) in [6.45, 7) is 5.91. The van der Waals surface area contributed by atoms with Gasteiger partial charge in [0.15, 0.2) is 5.96 Å². The highest BCUT2D eigenvalue weighted by atomic mass is 16.5. The zero-order valence-electron chi connectivity index (χ0n) is 13.7. The van der Waals surface area contributed by atoms with Crippen molar-refractivity contribution in [1.29, 1.82) is 0 Å². The molecule has 1 aliphatic rings. The number of aliphatic imine (C=N–C) groups is 1. The van der Waals surface area contributed by atoms with Gasteiger partial charge in [0.1, 0.15) is 0 Å². The normalized spacial score (nSPS) is 17.6. The van der Waals surface area contributed by atoms with Crippen molar-refractivity contribution in [2.24, 2.45) is 10.7 Å². The minimum Gasteiger partial charge on any atom is -0.380 e. The molecule has 1 heterocycles. The van der Waals surface area contributed by atoms with Gasteiger partial charge in [-0.05, 0) is 38.4 Å². The Labute approximate surface area is 133 Å². The Hall–Kier alpha value is -1.59. The molecule has 2 rings (SSSR count). The molecule has 0 aromatic heterocycles. The third-order valence-electron chi connectivity index (χ3n) is 4.18. The second-order valence-corrected chi connectivity index (χ2v) is 5.75. The highest BCUT2D eigenvalue weighted by Crippen LogP contribution is 2.16. The number of likely N-dealkylation sites (tertiary alicyclic amines) is 1. The van der Waals surface area contributed by atoms with E-state index >= 15 is 0 Å². The predicted octanol–water partition coefficient (Wildman–Crippen LogP) is 2.43. The lowest BCUT2D eigenvalue weighted by Crippen LogP contribution is -2.35. The van der Waals surface area contributed by atoms with Gasteiger partial charge in [-0.3, -0.25) is 9.89 Å². The lowest BCUT2D eigenvalue weighted by atomic mass is 10.2. The number of nitrogens with zero attached hydrogens (tertiary/aromatic N) is 2. The number of nitrogens with one attached hydrogen (secondary N) is 1. The van der Waals surface area contributed by atoms with Crippen molar-refractivity contribution >= 4 is 11.6 Å². The summed E-state index contributed by atoms with van der Waals surface area (Å²) in [4.78, 5) is 7.06. The molecule has 0 spiro atoms. The first kappa shape index (κ1) is 16.8. The Bertz CT molecular complexity index is 483. The van der Waals surface area contributed by atoms with Crippen LogP contribution in [0.15, 0.2) is 29.3 Å². The average Bonchev–Trinajstić information content (AvgIpc) is 3.04. The van der Waals surface area contributed by atoms with E-state index < -0.39 is 0 Å². The number of ether oxygens (including phenoxy) is 1. The Balaban J connectivity index is 1.94. The molecule has 0 radical (unpaired) electrons. The number of methoxy groups -OCH3 is 1. The summed E-state index contributed by atoms with van der Waals surface area (Å²) >= 11 is 0. The van der Waals surface area contributed by atoms with Crippen molar-refractivity contribution in [2.45, 2.75) is 38.8 Å². The van der Waals surface area contributed by atoms with Crippen LogP contribution >= 0.6 is 0 Å². The van der Waals surface area contributed by atoms with Crippen molar-refractivity contribution < 1.29 is 4.74 Å². The first-order valence-electron chi connectivity index (χ1n) is 8.12. The summed E-state index contributed by atoms with van der Waals surface area (Å²) in [5, 5.41) is 3.19. The minimum atomic E-state index is 0.473. The highest BCUT2D eigenvalue weighted by molar-refractivity contribution is 5.92. The summed E-state index contributed by atoms with van der Waals surface area (Å²) in [5.74, 6) is 0.473. The Morgan fingerprint density at radius 3 is 2.77 bits per heavy atom. The van der Waals surface area contributed by atoms with Crippen molar-refractivity contribution in [3.8, 4) is 0 Å².